The van der Waals surface area contributed by atoms with E-state index in [4.69, 9.17) is 5.73 Å². The molecule has 1 heterocycles. The highest BCUT2D eigenvalue weighted by molar-refractivity contribution is 7.15. The Hall–Kier alpha value is -0.940. The average molecular weight is 225 g/mol. The zero-order chi connectivity index (χ0) is 11.1. The highest BCUT2D eigenvalue weighted by Crippen LogP contribution is 2.34. The molecule has 1 aliphatic rings. The number of carbonyl (C=O) groups excluding carboxylic acids is 1. The number of carbonyl (C=O) groups is 1. The van der Waals surface area contributed by atoms with E-state index in [2.05, 4.69) is 24.1 Å². The molecule has 1 aromatic heterocycles. The van der Waals surface area contributed by atoms with E-state index in [0.29, 0.717) is 11.0 Å². The molecule has 15 heavy (non-hydrogen) atoms. The van der Waals surface area contributed by atoms with Crippen LogP contribution in [-0.2, 0) is 4.79 Å². The summed E-state index contributed by atoms with van der Waals surface area (Å²) in [5, 5.41) is 3.42. The number of hydrogen-bond acceptors (Lipinski definition) is 4. The van der Waals surface area contributed by atoms with Crippen LogP contribution in [0.4, 0.5) is 5.13 Å². The summed E-state index contributed by atoms with van der Waals surface area (Å²) in [6.45, 7) is 4.20. The average Bonchev–Trinajstić information content (AvgIpc) is 2.76. The van der Waals surface area contributed by atoms with Crippen molar-refractivity contribution < 1.29 is 4.79 Å². The Labute approximate surface area is 92.9 Å². The quantitative estimate of drug-likeness (QED) is 0.822. The molecule has 4 nitrogen and oxygen atoms in total. The molecule has 1 aromatic rings. The van der Waals surface area contributed by atoms with Crippen LogP contribution in [0, 0.1) is 0 Å². The number of nitrogens with one attached hydrogen (secondary N) is 1. The fraction of sp³-hybridized carbons (Fsp3) is 0.600. The predicted octanol–water partition coefficient (Wildman–Crippen LogP) is 1.70. The predicted molar refractivity (Wildman–Crippen MR) is 61.0 cm³/mol. The first-order chi connectivity index (χ1) is 7.01. The second-order valence-corrected chi connectivity index (χ2v) is 5.39. The maximum atomic E-state index is 11.6. The zero-order valence-corrected chi connectivity index (χ0v) is 9.73. The molecule has 0 saturated heterocycles. The van der Waals surface area contributed by atoms with Crippen LogP contribution in [0.25, 0.3) is 0 Å². The standard InChI is InChI=1S/C10H15N3OS/c1-6(2)7-5-12-9(15-7)13-8(14)10(11)3-4-10/h5-6H,3-4,11H2,1-2H3,(H,12,13,14). The van der Waals surface area contributed by atoms with Crippen LogP contribution in [0.5, 0.6) is 0 Å². The van der Waals surface area contributed by atoms with E-state index >= 15 is 0 Å². The molecule has 3 N–H and O–H groups in total. The third-order valence-corrected chi connectivity index (χ3v) is 3.77. The van der Waals surface area contributed by atoms with Gasteiger partial charge in [0.1, 0.15) is 0 Å². The fourth-order valence-electron chi connectivity index (χ4n) is 1.19. The van der Waals surface area contributed by atoms with Crippen LogP contribution in [0.2, 0.25) is 0 Å². The van der Waals surface area contributed by atoms with Crippen molar-refractivity contribution in [3.8, 4) is 0 Å². The van der Waals surface area contributed by atoms with Crippen molar-refractivity contribution in [1.29, 1.82) is 0 Å². The molecule has 0 spiro atoms. The summed E-state index contributed by atoms with van der Waals surface area (Å²) in [6, 6.07) is 0. The van der Waals surface area contributed by atoms with Gasteiger partial charge in [0.05, 0.1) is 5.54 Å². The smallest absolute Gasteiger partial charge is 0.246 e. The minimum Gasteiger partial charge on any atom is -0.317 e. The molecule has 5 heteroatoms. The lowest BCUT2D eigenvalue weighted by Crippen LogP contribution is -2.37. The van der Waals surface area contributed by atoms with E-state index in [0.717, 1.165) is 12.8 Å². The monoisotopic (exact) mass is 225 g/mol. The Morgan fingerprint density at radius 2 is 2.33 bits per heavy atom. The van der Waals surface area contributed by atoms with Gasteiger partial charge in [-0.25, -0.2) is 4.98 Å². The molecule has 0 atom stereocenters. The van der Waals surface area contributed by atoms with Gasteiger partial charge in [-0.15, -0.1) is 11.3 Å². The number of nitrogens with zero attached hydrogens (tertiary/aromatic N) is 1. The first-order valence-electron chi connectivity index (χ1n) is 5.07. The van der Waals surface area contributed by atoms with Crippen molar-refractivity contribution in [2.45, 2.75) is 38.1 Å². The van der Waals surface area contributed by atoms with Crippen molar-refractivity contribution in [2.75, 3.05) is 5.32 Å². The van der Waals surface area contributed by atoms with Gasteiger partial charge < -0.3 is 11.1 Å². The van der Waals surface area contributed by atoms with Crippen molar-refractivity contribution in [2.24, 2.45) is 5.73 Å². The van der Waals surface area contributed by atoms with E-state index in [1.54, 1.807) is 6.20 Å². The Balaban J connectivity index is 2.01. The Morgan fingerprint density at radius 3 is 2.80 bits per heavy atom. The summed E-state index contributed by atoms with van der Waals surface area (Å²) in [5.41, 5.74) is 5.15. The lowest BCUT2D eigenvalue weighted by molar-refractivity contribution is -0.118. The van der Waals surface area contributed by atoms with Gasteiger partial charge in [0.2, 0.25) is 5.91 Å². The van der Waals surface area contributed by atoms with Crippen LogP contribution < -0.4 is 11.1 Å². The first kappa shape index (κ1) is 10.6. The van der Waals surface area contributed by atoms with Gasteiger partial charge in [-0.3, -0.25) is 4.79 Å². The van der Waals surface area contributed by atoms with Crippen LogP contribution in [-0.4, -0.2) is 16.4 Å². The second-order valence-electron chi connectivity index (χ2n) is 4.33. The largest absolute Gasteiger partial charge is 0.317 e. The molecular weight excluding hydrogens is 210 g/mol. The SMILES string of the molecule is CC(C)c1cnc(NC(=O)C2(N)CC2)s1. The highest BCUT2D eigenvalue weighted by atomic mass is 32.1. The van der Waals surface area contributed by atoms with Gasteiger partial charge in [-0.1, -0.05) is 13.8 Å². The van der Waals surface area contributed by atoms with Gasteiger partial charge in [0.15, 0.2) is 5.13 Å². The Bertz CT molecular complexity index is 382. The molecule has 0 aromatic carbocycles. The molecule has 0 bridgehead atoms. The molecule has 0 unspecified atom stereocenters. The van der Waals surface area contributed by atoms with E-state index in [1.807, 2.05) is 0 Å². The summed E-state index contributed by atoms with van der Waals surface area (Å²) in [6.07, 6.45) is 3.36. The van der Waals surface area contributed by atoms with E-state index in [1.165, 1.54) is 16.2 Å². The van der Waals surface area contributed by atoms with Gasteiger partial charge in [0, 0.05) is 11.1 Å². The fourth-order valence-corrected chi connectivity index (χ4v) is 2.01. The van der Waals surface area contributed by atoms with Crippen molar-refractivity contribution >= 4 is 22.4 Å². The normalized spacial score (nSPS) is 17.9. The topological polar surface area (TPSA) is 68.0 Å². The lowest BCUT2D eigenvalue weighted by atomic mass is 10.2. The maximum Gasteiger partial charge on any atom is 0.246 e. The second kappa shape index (κ2) is 3.57. The number of rotatable bonds is 3. The Kier molecular flexibility index (Phi) is 2.52. The van der Waals surface area contributed by atoms with Gasteiger partial charge in [0.25, 0.3) is 0 Å². The molecule has 1 amide bonds. The third kappa shape index (κ3) is 2.18. The molecule has 0 aliphatic heterocycles. The summed E-state index contributed by atoms with van der Waals surface area (Å²) in [4.78, 5) is 16.9. The molecule has 1 fully saturated rings. The molecule has 0 radical (unpaired) electrons. The number of hydrogen-bond donors (Lipinski definition) is 2. The van der Waals surface area contributed by atoms with E-state index < -0.39 is 5.54 Å². The number of thiazole rings is 1. The summed E-state index contributed by atoms with van der Waals surface area (Å²) >= 11 is 1.51. The summed E-state index contributed by atoms with van der Waals surface area (Å²) in [5.74, 6) is 0.341. The number of nitrogens with two attached hydrogens (primary N) is 1. The highest BCUT2D eigenvalue weighted by Gasteiger charge is 2.46. The number of aromatic nitrogens is 1. The number of amides is 1. The third-order valence-electron chi connectivity index (χ3n) is 2.55. The van der Waals surface area contributed by atoms with Crippen LogP contribution >= 0.6 is 11.3 Å². The van der Waals surface area contributed by atoms with Crippen molar-refractivity contribution in [3.63, 3.8) is 0 Å². The summed E-state index contributed by atoms with van der Waals surface area (Å²) < 4.78 is 0. The zero-order valence-electron chi connectivity index (χ0n) is 8.91. The molecule has 1 aliphatic carbocycles. The van der Waals surface area contributed by atoms with Crippen LogP contribution in [0.3, 0.4) is 0 Å². The Morgan fingerprint density at radius 1 is 1.67 bits per heavy atom. The van der Waals surface area contributed by atoms with E-state index in [9.17, 15) is 4.79 Å². The van der Waals surface area contributed by atoms with Gasteiger partial charge in [-0.05, 0) is 18.8 Å². The summed E-state index contributed by atoms with van der Waals surface area (Å²) in [7, 11) is 0. The lowest BCUT2D eigenvalue weighted by Gasteiger charge is -2.06. The number of anilines is 1. The van der Waals surface area contributed by atoms with E-state index in [-0.39, 0.29) is 5.91 Å². The minimum absolute atomic E-state index is 0.104. The van der Waals surface area contributed by atoms with Gasteiger partial charge in [-0.2, -0.15) is 0 Å². The van der Waals surface area contributed by atoms with Crippen molar-refractivity contribution in [1.82, 2.24) is 4.98 Å². The molecule has 1 saturated carbocycles. The van der Waals surface area contributed by atoms with Gasteiger partial charge >= 0.3 is 0 Å². The van der Waals surface area contributed by atoms with Crippen molar-refractivity contribution in [3.05, 3.63) is 11.1 Å². The molecular formula is C10H15N3OS. The van der Waals surface area contributed by atoms with Crippen LogP contribution in [0.1, 0.15) is 37.5 Å². The molecule has 82 valence electrons. The maximum absolute atomic E-state index is 11.6. The van der Waals surface area contributed by atoms with Crippen LogP contribution in [0.15, 0.2) is 6.20 Å². The first-order valence-corrected chi connectivity index (χ1v) is 5.89. The molecule has 2 rings (SSSR count). The minimum atomic E-state index is -0.621.